The first-order valence-electron chi connectivity index (χ1n) is 6.67. The number of amides is 1. The van der Waals surface area contributed by atoms with Gasteiger partial charge in [-0.1, -0.05) is 12.8 Å². The van der Waals surface area contributed by atoms with E-state index in [0.717, 1.165) is 25.7 Å². The van der Waals surface area contributed by atoms with Crippen molar-refractivity contribution < 1.29 is 18.0 Å². The van der Waals surface area contributed by atoms with Gasteiger partial charge in [-0.2, -0.15) is 0 Å². The van der Waals surface area contributed by atoms with E-state index in [-0.39, 0.29) is 36.5 Å². The average molecular weight is 323 g/mol. The summed E-state index contributed by atoms with van der Waals surface area (Å²) in [7, 11) is 0. The smallest absolute Gasteiger partial charge is 0.224 e. The number of carbonyl (C=O) groups excluding carboxylic acids is 1. The van der Waals surface area contributed by atoms with E-state index in [0.29, 0.717) is 12.1 Å². The van der Waals surface area contributed by atoms with Crippen LogP contribution in [-0.4, -0.2) is 11.9 Å². The van der Waals surface area contributed by atoms with Crippen molar-refractivity contribution in [3.63, 3.8) is 0 Å². The molecule has 0 aliphatic heterocycles. The second-order valence-electron chi connectivity index (χ2n) is 5.21. The third kappa shape index (κ3) is 4.61. The minimum absolute atomic E-state index is 0. The predicted octanol–water partition coefficient (Wildman–Crippen LogP) is 3.37. The zero-order valence-corrected chi connectivity index (χ0v) is 12.2. The van der Waals surface area contributed by atoms with E-state index in [4.69, 9.17) is 5.73 Å². The fourth-order valence-electron chi connectivity index (χ4n) is 2.55. The molecule has 0 aromatic heterocycles. The van der Waals surface area contributed by atoms with E-state index < -0.39 is 23.4 Å². The molecule has 1 aliphatic carbocycles. The molecule has 0 bridgehead atoms. The fourth-order valence-corrected chi connectivity index (χ4v) is 2.55. The topological polar surface area (TPSA) is 55.1 Å². The SMILES string of the molecule is Cl.NC1CCCCC1CC(=O)Nc1cc(F)c(F)cc1F. The van der Waals surface area contributed by atoms with Gasteiger partial charge in [0.1, 0.15) is 5.82 Å². The van der Waals surface area contributed by atoms with Crippen molar-refractivity contribution in [2.75, 3.05) is 5.32 Å². The van der Waals surface area contributed by atoms with Gasteiger partial charge in [0.15, 0.2) is 11.6 Å². The standard InChI is InChI=1S/C14H17F3N2O.ClH/c15-9-6-11(17)13(7-10(9)16)19-14(20)5-8-3-1-2-4-12(8)18;/h6-8,12H,1-5,18H2,(H,19,20);1H. The highest BCUT2D eigenvalue weighted by Crippen LogP contribution is 2.26. The van der Waals surface area contributed by atoms with E-state index in [1.54, 1.807) is 0 Å². The van der Waals surface area contributed by atoms with Crippen LogP contribution in [0.15, 0.2) is 12.1 Å². The molecule has 2 rings (SSSR count). The summed E-state index contributed by atoms with van der Waals surface area (Å²) in [6.07, 6.45) is 3.97. The van der Waals surface area contributed by atoms with Crippen LogP contribution in [0.1, 0.15) is 32.1 Å². The Hall–Kier alpha value is -1.27. The summed E-state index contributed by atoms with van der Waals surface area (Å²) in [6, 6.07) is 1.02. The van der Waals surface area contributed by atoms with Crippen LogP contribution < -0.4 is 11.1 Å². The molecule has 118 valence electrons. The minimum Gasteiger partial charge on any atom is -0.327 e. The van der Waals surface area contributed by atoms with Gasteiger partial charge in [-0.05, 0) is 18.8 Å². The van der Waals surface area contributed by atoms with E-state index >= 15 is 0 Å². The maximum absolute atomic E-state index is 13.4. The molecule has 0 spiro atoms. The molecule has 1 fully saturated rings. The van der Waals surface area contributed by atoms with E-state index in [1.165, 1.54) is 0 Å². The van der Waals surface area contributed by atoms with Crippen LogP contribution >= 0.6 is 12.4 Å². The Balaban J connectivity index is 0.00000220. The Labute approximate surface area is 127 Å². The van der Waals surface area contributed by atoms with Crippen molar-refractivity contribution in [3.05, 3.63) is 29.6 Å². The second kappa shape index (κ2) is 7.66. The molecular formula is C14H18ClF3N2O. The van der Waals surface area contributed by atoms with E-state index in [2.05, 4.69) is 5.32 Å². The van der Waals surface area contributed by atoms with Crippen molar-refractivity contribution in [2.45, 2.75) is 38.1 Å². The number of halogens is 4. The van der Waals surface area contributed by atoms with Crippen LogP contribution in [0.3, 0.4) is 0 Å². The van der Waals surface area contributed by atoms with Crippen molar-refractivity contribution >= 4 is 24.0 Å². The van der Waals surface area contributed by atoms with Crippen LogP contribution in [0.5, 0.6) is 0 Å². The molecule has 21 heavy (non-hydrogen) atoms. The first-order chi connectivity index (χ1) is 9.47. The number of hydrogen-bond donors (Lipinski definition) is 2. The van der Waals surface area contributed by atoms with Gasteiger partial charge in [0.25, 0.3) is 0 Å². The third-order valence-corrected chi connectivity index (χ3v) is 3.70. The normalized spacial score (nSPS) is 21.5. The first kappa shape index (κ1) is 17.8. The van der Waals surface area contributed by atoms with Gasteiger partial charge >= 0.3 is 0 Å². The molecule has 0 saturated heterocycles. The van der Waals surface area contributed by atoms with Crippen LogP contribution in [0, 0.1) is 23.4 Å². The zero-order chi connectivity index (χ0) is 14.7. The summed E-state index contributed by atoms with van der Waals surface area (Å²) in [5.41, 5.74) is 5.58. The van der Waals surface area contributed by atoms with Gasteiger partial charge in [-0.3, -0.25) is 4.79 Å². The van der Waals surface area contributed by atoms with Gasteiger partial charge in [0.2, 0.25) is 5.91 Å². The average Bonchev–Trinajstić information content (AvgIpc) is 2.39. The Bertz CT molecular complexity index is 513. The van der Waals surface area contributed by atoms with Crippen molar-refractivity contribution in [3.8, 4) is 0 Å². The Morgan fingerprint density at radius 1 is 1.14 bits per heavy atom. The maximum Gasteiger partial charge on any atom is 0.224 e. The number of anilines is 1. The van der Waals surface area contributed by atoms with Crippen molar-refractivity contribution in [1.29, 1.82) is 0 Å². The van der Waals surface area contributed by atoms with Crippen molar-refractivity contribution in [2.24, 2.45) is 11.7 Å². The van der Waals surface area contributed by atoms with Crippen molar-refractivity contribution in [1.82, 2.24) is 0 Å². The molecule has 0 radical (unpaired) electrons. The van der Waals surface area contributed by atoms with E-state index in [1.807, 2.05) is 0 Å². The van der Waals surface area contributed by atoms with Gasteiger partial charge < -0.3 is 11.1 Å². The summed E-state index contributed by atoms with van der Waals surface area (Å²) in [5, 5.41) is 2.27. The molecule has 1 aromatic rings. The highest BCUT2D eigenvalue weighted by atomic mass is 35.5. The fraction of sp³-hybridized carbons (Fsp3) is 0.500. The Morgan fingerprint density at radius 2 is 1.76 bits per heavy atom. The lowest BCUT2D eigenvalue weighted by molar-refractivity contribution is -0.117. The molecule has 3 N–H and O–H groups in total. The van der Waals surface area contributed by atoms with Gasteiger partial charge in [-0.25, -0.2) is 13.2 Å². The third-order valence-electron chi connectivity index (χ3n) is 3.70. The second-order valence-corrected chi connectivity index (χ2v) is 5.21. The summed E-state index contributed by atoms with van der Waals surface area (Å²) < 4.78 is 39.2. The lowest BCUT2D eigenvalue weighted by Gasteiger charge is -2.27. The molecule has 1 aromatic carbocycles. The largest absolute Gasteiger partial charge is 0.327 e. The molecule has 2 atom stereocenters. The quantitative estimate of drug-likeness (QED) is 0.838. The monoisotopic (exact) mass is 322 g/mol. The van der Waals surface area contributed by atoms with Gasteiger partial charge in [-0.15, -0.1) is 12.4 Å². The number of hydrogen-bond acceptors (Lipinski definition) is 2. The summed E-state index contributed by atoms with van der Waals surface area (Å²) >= 11 is 0. The number of nitrogens with one attached hydrogen (secondary N) is 1. The summed E-state index contributed by atoms with van der Waals surface area (Å²) in [4.78, 5) is 11.8. The molecule has 1 saturated carbocycles. The lowest BCUT2D eigenvalue weighted by atomic mass is 9.83. The molecule has 7 heteroatoms. The number of benzene rings is 1. The highest BCUT2D eigenvalue weighted by molar-refractivity contribution is 5.91. The number of rotatable bonds is 3. The molecular weight excluding hydrogens is 305 g/mol. The predicted molar refractivity (Wildman–Crippen MR) is 76.7 cm³/mol. The zero-order valence-electron chi connectivity index (χ0n) is 11.4. The number of nitrogens with two attached hydrogens (primary N) is 1. The Kier molecular flexibility index (Phi) is 6.48. The van der Waals surface area contributed by atoms with Crippen LogP contribution in [0.4, 0.5) is 18.9 Å². The highest BCUT2D eigenvalue weighted by Gasteiger charge is 2.24. The summed E-state index contributed by atoms with van der Waals surface area (Å²) in [6.45, 7) is 0. The van der Waals surface area contributed by atoms with Crippen LogP contribution in [0.25, 0.3) is 0 Å². The van der Waals surface area contributed by atoms with E-state index in [9.17, 15) is 18.0 Å². The maximum atomic E-state index is 13.4. The lowest BCUT2D eigenvalue weighted by Crippen LogP contribution is -2.35. The van der Waals surface area contributed by atoms with Gasteiger partial charge in [0.05, 0.1) is 5.69 Å². The molecule has 2 unspecified atom stereocenters. The first-order valence-corrected chi connectivity index (χ1v) is 6.67. The van der Waals surface area contributed by atoms with Crippen LogP contribution in [-0.2, 0) is 4.79 Å². The molecule has 3 nitrogen and oxygen atoms in total. The molecule has 1 aliphatic rings. The number of carbonyl (C=O) groups is 1. The van der Waals surface area contributed by atoms with Crippen LogP contribution in [0.2, 0.25) is 0 Å². The Morgan fingerprint density at radius 3 is 2.43 bits per heavy atom. The minimum atomic E-state index is -1.28. The molecule has 0 heterocycles. The summed E-state index contributed by atoms with van der Waals surface area (Å²) in [5.74, 6) is -3.86. The molecule has 1 amide bonds. The van der Waals surface area contributed by atoms with Gasteiger partial charge in [0, 0.05) is 24.6 Å².